The Morgan fingerprint density at radius 2 is 2.38 bits per heavy atom. The Morgan fingerprint density at radius 3 is 2.92 bits per heavy atom. The van der Waals surface area contributed by atoms with Gasteiger partial charge in [-0.1, -0.05) is 18.4 Å². The minimum atomic E-state index is 0.140. The van der Waals surface area contributed by atoms with Crippen LogP contribution in [-0.2, 0) is 7.05 Å². The highest BCUT2D eigenvalue weighted by Gasteiger charge is 2.05. The third-order valence-electron chi connectivity index (χ3n) is 1.70. The molecule has 1 unspecified atom stereocenters. The second-order valence-electron chi connectivity index (χ2n) is 2.89. The first kappa shape index (κ1) is 10.2. The van der Waals surface area contributed by atoms with Gasteiger partial charge < -0.3 is 5.32 Å². The highest BCUT2D eigenvalue weighted by molar-refractivity contribution is 6.20. The molecule has 0 aliphatic carbocycles. The molecule has 0 aliphatic heterocycles. The SMILES string of the molecule is CCCC(Cl)CNc1nnnn1C. The van der Waals surface area contributed by atoms with Gasteiger partial charge in [-0.05, 0) is 16.8 Å². The number of anilines is 1. The number of halogens is 1. The molecule has 0 fully saturated rings. The smallest absolute Gasteiger partial charge is 0.242 e. The van der Waals surface area contributed by atoms with Gasteiger partial charge in [0.2, 0.25) is 5.95 Å². The Hall–Kier alpha value is -0.840. The number of hydrogen-bond acceptors (Lipinski definition) is 4. The molecule has 1 heterocycles. The fourth-order valence-corrected chi connectivity index (χ4v) is 1.29. The van der Waals surface area contributed by atoms with Gasteiger partial charge >= 0.3 is 0 Å². The number of rotatable bonds is 5. The molecule has 13 heavy (non-hydrogen) atoms. The Bertz CT molecular complexity index is 249. The summed E-state index contributed by atoms with van der Waals surface area (Å²) in [6.45, 7) is 2.81. The average molecular weight is 204 g/mol. The highest BCUT2D eigenvalue weighted by Crippen LogP contribution is 2.06. The van der Waals surface area contributed by atoms with Crippen LogP contribution < -0.4 is 5.32 Å². The minimum absolute atomic E-state index is 0.140. The second kappa shape index (κ2) is 5.01. The Balaban J connectivity index is 2.30. The molecule has 0 amide bonds. The van der Waals surface area contributed by atoms with Gasteiger partial charge in [0.15, 0.2) is 0 Å². The van der Waals surface area contributed by atoms with E-state index in [0.29, 0.717) is 12.5 Å². The van der Waals surface area contributed by atoms with Crippen molar-refractivity contribution in [2.75, 3.05) is 11.9 Å². The van der Waals surface area contributed by atoms with Crippen LogP contribution in [0.3, 0.4) is 0 Å². The highest BCUT2D eigenvalue weighted by atomic mass is 35.5. The fraction of sp³-hybridized carbons (Fsp3) is 0.857. The van der Waals surface area contributed by atoms with Crippen LogP contribution in [-0.4, -0.2) is 32.1 Å². The molecule has 1 aromatic heterocycles. The van der Waals surface area contributed by atoms with E-state index >= 15 is 0 Å². The van der Waals surface area contributed by atoms with Gasteiger partial charge in [-0.25, -0.2) is 4.68 Å². The second-order valence-corrected chi connectivity index (χ2v) is 3.51. The number of aromatic nitrogens is 4. The zero-order valence-corrected chi connectivity index (χ0v) is 8.62. The molecule has 0 radical (unpaired) electrons. The first-order chi connectivity index (χ1) is 6.24. The van der Waals surface area contributed by atoms with Crippen molar-refractivity contribution in [1.29, 1.82) is 0 Å². The molecule has 1 atom stereocenters. The first-order valence-corrected chi connectivity index (χ1v) is 4.78. The van der Waals surface area contributed by atoms with Crippen LogP contribution in [0.4, 0.5) is 5.95 Å². The molecular formula is C7H14ClN5. The summed E-state index contributed by atoms with van der Waals surface area (Å²) in [6, 6.07) is 0. The Morgan fingerprint density at radius 1 is 1.62 bits per heavy atom. The molecule has 6 heteroatoms. The molecule has 0 aliphatic rings. The van der Waals surface area contributed by atoms with E-state index in [9.17, 15) is 0 Å². The van der Waals surface area contributed by atoms with E-state index in [1.165, 1.54) is 0 Å². The van der Waals surface area contributed by atoms with Crippen LogP contribution in [0, 0.1) is 0 Å². The third-order valence-corrected chi connectivity index (χ3v) is 2.08. The van der Waals surface area contributed by atoms with Gasteiger partial charge in [0.05, 0.1) is 5.38 Å². The van der Waals surface area contributed by atoms with Crippen molar-refractivity contribution in [2.24, 2.45) is 7.05 Å². The quantitative estimate of drug-likeness (QED) is 0.727. The lowest BCUT2D eigenvalue weighted by molar-refractivity contribution is 0.705. The van der Waals surface area contributed by atoms with Crippen LogP contribution >= 0.6 is 11.6 Å². The number of nitrogens with one attached hydrogen (secondary N) is 1. The van der Waals surface area contributed by atoms with E-state index in [-0.39, 0.29) is 5.38 Å². The van der Waals surface area contributed by atoms with Crippen molar-refractivity contribution >= 4 is 17.5 Å². The lowest BCUT2D eigenvalue weighted by atomic mass is 10.2. The topological polar surface area (TPSA) is 55.6 Å². The number of alkyl halides is 1. The van der Waals surface area contributed by atoms with E-state index < -0.39 is 0 Å². The Labute approximate surface area is 82.5 Å². The monoisotopic (exact) mass is 203 g/mol. The van der Waals surface area contributed by atoms with Gasteiger partial charge in [0, 0.05) is 13.6 Å². The summed E-state index contributed by atoms with van der Waals surface area (Å²) in [7, 11) is 1.78. The summed E-state index contributed by atoms with van der Waals surface area (Å²) in [6.07, 6.45) is 2.09. The van der Waals surface area contributed by atoms with Crippen molar-refractivity contribution in [3.8, 4) is 0 Å². The van der Waals surface area contributed by atoms with Crippen LogP contribution in [0.25, 0.3) is 0 Å². The van der Waals surface area contributed by atoms with Crippen LogP contribution in [0.5, 0.6) is 0 Å². The summed E-state index contributed by atoms with van der Waals surface area (Å²) in [4.78, 5) is 0. The zero-order valence-electron chi connectivity index (χ0n) is 7.87. The number of aryl methyl sites for hydroxylation is 1. The van der Waals surface area contributed by atoms with Crippen molar-refractivity contribution in [3.63, 3.8) is 0 Å². The summed E-state index contributed by atoms with van der Waals surface area (Å²) in [5, 5.41) is 14.2. The Kier molecular flexibility index (Phi) is 3.95. The van der Waals surface area contributed by atoms with Crippen molar-refractivity contribution in [1.82, 2.24) is 20.2 Å². The molecule has 1 rings (SSSR count). The van der Waals surface area contributed by atoms with Gasteiger partial charge in [-0.2, -0.15) is 0 Å². The van der Waals surface area contributed by atoms with Crippen LogP contribution in [0.1, 0.15) is 19.8 Å². The molecule has 1 aromatic rings. The molecule has 0 aromatic carbocycles. The zero-order chi connectivity index (χ0) is 9.68. The predicted molar refractivity (Wildman–Crippen MR) is 51.8 cm³/mol. The van der Waals surface area contributed by atoms with E-state index in [1.807, 2.05) is 0 Å². The summed E-state index contributed by atoms with van der Waals surface area (Å²) in [5.41, 5.74) is 0. The van der Waals surface area contributed by atoms with Gasteiger partial charge in [0.1, 0.15) is 0 Å². The molecule has 1 N–H and O–H groups in total. The summed E-state index contributed by atoms with van der Waals surface area (Å²) < 4.78 is 1.58. The maximum Gasteiger partial charge on any atom is 0.242 e. The van der Waals surface area contributed by atoms with Crippen molar-refractivity contribution in [3.05, 3.63) is 0 Å². The summed E-state index contributed by atoms with van der Waals surface area (Å²) >= 11 is 6.01. The molecule has 5 nitrogen and oxygen atoms in total. The lowest BCUT2D eigenvalue weighted by Gasteiger charge is -2.08. The van der Waals surface area contributed by atoms with Crippen LogP contribution in [0.15, 0.2) is 0 Å². The predicted octanol–water partition coefficient (Wildman–Crippen LogP) is 1.03. The van der Waals surface area contributed by atoms with Gasteiger partial charge in [-0.3, -0.25) is 0 Å². The van der Waals surface area contributed by atoms with Crippen molar-refractivity contribution in [2.45, 2.75) is 25.1 Å². The molecule has 0 saturated carbocycles. The first-order valence-electron chi connectivity index (χ1n) is 4.34. The van der Waals surface area contributed by atoms with Crippen molar-refractivity contribution < 1.29 is 0 Å². The van der Waals surface area contributed by atoms with E-state index in [0.717, 1.165) is 12.8 Å². The normalized spacial score (nSPS) is 12.8. The van der Waals surface area contributed by atoms with Gasteiger partial charge in [0.25, 0.3) is 0 Å². The van der Waals surface area contributed by atoms with Crippen LogP contribution in [0.2, 0.25) is 0 Å². The molecular weight excluding hydrogens is 190 g/mol. The number of hydrogen-bond donors (Lipinski definition) is 1. The average Bonchev–Trinajstić information content (AvgIpc) is 2.48. The maximum absolute atomic E-state index is 6.01. The van der Waals surface area contributed by atoms with E-state index in [4.69, 9.17) is 11.6 Å². The number of nitrogens with zero attached hydrogens (tertiary/aromatic N) is 4. The fourth-order valence-electron chi connectivity index (χ4n) is 0.997. The lowest BCUT2D eigenvalue weighted by Crippen LogP contribution is -2.16. The summed E-state index contributed by atoms with van der Waals surface area (Å²) in [5.74, 6) is 0.654. The largest absolute Gasteiger partial charge is 0.352 e. The minimum Gasteiger partial charge on any atom is -0.352 e. The molecule has 0 bridgehead atoms. The molecule has 0 spiro atoms. The van der Waals surface area contributed by atoms with E-state index in [1.54, 1.807) is 11.7 Å². The third kappa shape index (κ3) is 3.18. The number of tetrazole rings is 1. The standard InChI is InChI=1S/C7H14ClN5/c1-3-4-6(8)5-9-7-10-11-12-13(7)2/h6H,3-5H2,1-2H3,(H,9,10,12). The maximum atomic E-state index is 6.01. The van der Waals surface area contributed by atoms with E-state index in [2.05, 4.69) is 27.8 Å². The van der Waals surface area contributed by atoms with Gasteiger partial charge in [-0.15, -0.1) is 11.6 Å². The molecule has 0 saturated heterocycles. The molecule has 74 valence electrons.